The predicted molar refractivity (Wildman–Crippen MR) is 139 cm³/mol. The molecule has 2 aliphatic rings. The van der Waals surface area contributed by atoms with E-state index in [2.05, 4.69) is 66.6 Å². The van der Waals surface area contributed by atoms with Gasteiger partial charge in [-0.3, -0.25) is 14.6 Å². The molecular formula is C23H36IN7. The van der Waals surface area contributed by atoms with Crippen LogP contribution in [-0.4, -0.2) is 84.9 Å². The monoisotopic (exact) mass is 537 g/mol. The van der Waals surface area contributed by atoms with Gasteiger partial charge < -0.3 is 15.1 Å². The predicted octanol–water partition coefficient (Wildman–Crippen LogP) is 2.62. The van der Waals surface area contributed by atoms with Crippen LogP contribution in [0, 0.1) is 0 Å². The molecule has 2 fully saturated rings. The maximum atomic E-state index is 4.52. The standard InChI is InChI=1S/C23H35N7.HI/c1-24-23(30-12-9-20(19-30)21-17-26-27(2)18-21)25-10-6-11-28-13-15-29(16-14-28)22-7-4-3-5-8-22;/h3-5,7-8,17-18,20H,6,9-16,19H2,1-2H3,(H,24,25);1H. The molecule has 0 spiro atoms. The number of piperazine rings is 1. The van der Waals surface area contributed by atoms with Gasteiger partial charge in [-0.2, -0.15) is 5.10 Å². The lowest BCUT2D eigenvalue weighted by Crippen LogP contribution is -2.47. The summed E-state index contributed by atoms with van der Waals surface area (Å²) >= 11 is 0. The van der Waals surface area contributed by atoms with E-state index in [1.54, 1.807) is 0 Å². The second-order valence-corrected chi connectivity index (χ2v) is 8.37. The van der Waals surface area contributed by atoms with Gasteiger partial charge >= 0.3 is 0 Å². The summed E-state index contributed by atoms with van der Waals surface area (Å²) in [6.45, 7) is 8.70. The number of hydrogen-bond donors (Lipinski definition) is 1. The molecule has 170 valence electrons. The summed E-state index contributed by atoms with van der Waals surface area (Å²) in [4.78, 5) is 12.0. The highest BCUT2D eigenvalue weighted by atomic mass is 127. The van der Waals surface area contributed by atoms with Crippen LogP contribution in [-0.2, 0) is 7.05 Å². The van der Waals surface area contributed by atoms with E-state index in [1.165, 1.54) is 11.3 Å². The van der Waals surface area contributed by atoms with E-state index in [1.807, 2.05) is 25.0 Å². The Hall–Kier alpha value is -1.81. The van der Waals surface area contributed by atoms with Gasteiger partial charge in [0, 0.05) is 77.7 Å². The zero-order valence-corrected chi connectivity index (χ0v) is 21.1. The second kappa shape index (κ2) is 11.7. The van der Waals surface area contributed by atoms with Gasteiger partial charge in [0.2, 0.25) is 0 Å². The third-order valence-electron chi connectivity index (χ3n) is 6.32. The summed E-state index contributed by atoms with van der Waals surface area (Å²) in [7, 11) is 3.88. The Balaban J connectivity index is 0.00000272. The first kappa shape index (κ1) is 23.8. The number of rotatable bonds is 6. The molecule has 1 aromatic carbocycles. The molecule has 7 nitrogen and oxygen atoms in total. The van der Waals surface area contributed by atoms with Gasteiger partial charge in [-0.1, -0.05) is 18.2 Å². The van der Waals surface area contributed by atoms with Gasteiger partial charge in [0.25, 0.3) is 0 Å². The second-order valence-electron chi connectivity index (χ2n) is 8.37. The summed E-state index contributed by atoms with van der Waals surface area (Å²) in [6.07, 6.45) is 6.45. The molecular weight excluding hydrogens is 501 g/mol. The van der Waals surface area contributed by atoms with Crippen molar-refractivity contribution in [1.29, 1.82) is 0 Å². The summed E-state index contributed by atoms with van der Waals surface area (Å²) in [5, 5.41) is 7.90. The molecule has 0 saturated carbocycles. The molecule has 1 unspecified atom stereocenters. The fraction of sp³-hybridized carbons (Fsp3) is 0.565. The molecule has 2 aliphatic heterocycles. The molecule has 2 saturated heterocycles. The molecule has 1 atom stereocenters. The number of nitrogens with zero attached hydrogens (tertiary/aromatic N) is 6. The van der Waals surface area contributed by atoms with Crippen LogP contribution >= 0.6 is 24.0 Å². The highest BCUT2D eigenvalue weighted by molar-refractivity contribution is 14.0. The number of hydrogen-bond acceptors (Lipinski definition) is 4. The van der Waals surface area contributed by atoms with Gasteiger partial charge in [0.05, 0.1) is 6.20 Å². The lowest BCUT2D eigenvalue weighted by molar-refractivity contribution is 0.255. The lowest BCUT2D eigenvalue weighted by atomic mass is 10.0. The van der Waals surface area contributed by atoms with E-state index in [4.69, 9.17) is 0 Å². The third kappa shape index (κ3) is 6.35. The topological polar surface area (TPSA) is 51.9 Å². The highest BCUT2D eigenvalue weighted by Crippen LogP contribution is 2.26. The molecule has 0 aliphatic carbocycles. The van der Waals surface area contributed by atoms with Crippen molar-refractivity contribution in [2.24, 2.45) is 12.0 Å². The van der Waals surface area contributed by atoms with Gasteiger partial charge in [-0.05, 0) is 37.1 Å². The van der Waals surface area contributed by atoms with E-state index >= 15 is 0 Å². The van der Waals surface area contributed by atoms with Gasteiger partial charge in [0.15, 0.2) is 5.96 Å². The van der Waals surface area contributed by atoms with Crippen LogP contribution in [0.15, 0.2) is 47.7 Å². The quantitative estimate of drug-likeness (QED) is 0.266. The fourth-order valence-corrected chi connectivity index (χ4v) is 4.58. The lowest BCUT2D eigenvalue weighted by Gasteiger charge is -2.36. The number of anilines is 1. The number of likely N-dealkylation sites (tertiary alicyclic amines) is 1. The van der Waals surface area contributed by atoms with Crippen molar-refractivity contribution >= 4 is 35.6 Å². The van der Waals surface area contributed by atoms with Gasteiger partial charge in [0.1, 0.15) is 0 Å². The number of nitrogens with one attached hydrogen (secondary N) is 1. The molecule has 1 N–H and O–H groups in total. The molecule has 31 heavy (non-hydrogen) atoms. The number of aliphatic imine (C=N–C) groups is 1. The molecule has 8 heteroatoms. The number of aromatic nitrogens is 2. The molecule has 0 radical (unpaired) electrons. The normalized spacial score (nSPS) is 20.1. The van der Waals surface area contributed by atoms with Gasteiger partial charge in [-0.25, -0.2) is 0 Å². The Bertz CT molecular complexity index is 814. The van der Waals surface area contributed by atoms with E-state index in [0.717, 1.165) is 71.2 Å². The average molecular weight is 537 g/mol. The number of benzene rings is 1. The van der Waals surface area contributed by atoms with E-state index in [0.29, 0.717) is 5.92 Å². The van der Waals surface area contributed by atoms with E-state index in [-0.39, 0.29) is 24.0 Å². The van der Waals surface area contributed by atoms with Crippen LogP contribution in [0.1, 0.15) is 24.3 Å². The SMILES string of the molecule is CN=C(NCCCN1CCN(c2ccccc2)CC1)N1CCC(c2cnn(C)c2)C1.I. The first-order valence-corrected chi connectivity index (χ1v) is 11.2. The Labute approximate surface area is 203 Å². The first-order valence-electron chi connectivity index (χ1n) is 11.2. The smallest absolute Gasteiger partial charge is 0.193 e. The minimum absolute atomic E-state index is 0. The summed E-state index contributed by atoms with van der Waals surface area (Å²) in [5.74, 6) is 1.59. The summed E-state index contributed by atoms with van der Waals surface area (Å²) in [5.41, 5.74) is 2.68. The highest BCUT2D eigenvalue weighted by Gasteiger charge is 2.26. The van der Waals surface area contributed by atoms with Crippen molar-refractivity contribution in [3.05, 3.63) is 48.3 Å². The third-order valence-corrected chi connectivity index (χ3v) is 6.32. The number of guanidine groups is 1. The summed E-state index contributed by atoms with van der Waals surface area (Å²) in [6, 6.07) is 10.8. The minimum atomic E-state index is 0. The Kier molecular flexibility index (Phi) is 9.01. The molecule has 0 bridgehead atoms. The molecule has 2 aromatic rings. The number of para-hydroxylation sites is 1. The zero-order valence-electron chi connectivity index (χ0n) is 18.8. The van der Waals surface area contributed by atoms with E-state index < -0.39 is 0 Å². The van der Waals surface area contributed by atoms with Crippen molar-refractivity contribution in [3.8, 4) is 0 Å². The van der Waals surface area contributed by atoms with Crippen molar-refractivity contribution in [2.45, 2.75) is 18.8 Å². The van der Waals surface area contributed by atoms with Crippen LogP contribution in [0.5, 0.6) is 0 Å². The average Bonchev–Trinajstić information content (AvgIpc) is 3.44. The maximum absolute atomic E-state index is 4.52. The van der Waals surface area contributed by atoms with Crippen molar-refractivity contribution in [2.75, 3.05) is 64.3 Å². The Morgan fingerprint density at radius 1 is 1.13 bits per heavy atom. The Morgan fingerprint density at radius 3 is 2.58 bits per heavy atom. The summed E-state index contributed by atoms with van der Waals surface area (Å²) < 4.78 is 1.89. The molecule has 1 aromatic heterocycles. The molecule has 0 amide bonds. The fourth-order valence-electron chi connectivity index (χ4n) is 4.58. The van der Waals surface area contributed by atoms with Crippen LogP contribution in [0.4, 0.5) is 5.69 Å². The first-order chi connectivity index (χ1) is 14.7. The number of halogens is 1. The van der Waals surface area contributed by atoms with Gasteiger partial charge in [-0.15, -0.1) is 24.0 Å². The van der Waals surface area contributed by atoms with Crippen LogP contribution in [0.3, 0.4) is 0 Å². The van der Waals surface area contributed by atoms with Crippen molar-refractivity contribution in [1.82, 2.24) is 24.9 Å². The maximum Gasteiger partial charge on any atom is 0.193 e. The van der Waals surface area contributed by atoms with Crippen LogP contribution in [0.2, 0.25) is 0 Å². The van der Waals surface area contributed by atoms with Crippen LogP contribution < -0.4 is 10.2 Å². The minimum Gasteiger partial charge on any atom is -0.369 e. The largest absolute Gasteiger partial charge is 0.369 e. The van der Waals surface area contributed by atoms with Crippen molar-refractivity contribution in [3.63, 3.8) is 0 Å². The van der Waals surface area contributed by atoms with E-state index in [9.17, 15) is 0 Å². The molecule has 4 rings (SSSR count). The Morgan fingerprint density at radius 2 is 1.90 bits per heavy atom. The number of aryl methyl sites for hydroxylation is 1. The zero-order chi connectivity index (χ0) is 20.8. The van der Waals surface area contributed by atoms with Crippen LogP contribution in [0.25, 0.3) is 0 Å². The molecule has 3 heterocycles. The van der Waals surface area contributed by atoms with Crippen molar-refractivity contribution < 1.29 is 0 Å².